The molecule has 0 bridgehead atoms. The van der Waals surface area contributed by atoms with Gasteiger partial charge in [0, 0.05) is 5.54 Å². The van der Waals surface area contributed by atoms with Crippen molar-refractivity contribution in [2.75, 3.05) is 0 Å². The first-order chi connectivity index (χ1) is 6.62. The standard InChI is InChI=1S/C11H19NO2/c12-11(7-3-1-4-8-11)9-5-2-6-10(13)14/h2,5H,1,3-4,6-9,12H2,(H,13,14)/b5-2+. The molecule has 0 aromatic rings. The lowest BCUT2D eigenvalue weighted by atomic mass is 9.80. The third kappa shape index (κ3) is 3.92. The molecule has 1 saturated carbocycles. The lowest BCUT2D eigenvalue weighted by molar-refractivity contribution is -0.136. The largest absolute Gasteiger partial charge is 0.481 e. The SMILES string of the molecule is NC1(C/C=C/CC(=O)O)CCCCC1. The van der Waals surface area contributed by atoms with Crippen LogP contribution in [0, 0.1) is 0 Å². The van der Waals surface area contributed by atoms with Gasteiger partial charge in [0.25, 0.3) is 0 Å². The van der Waals surface area contributed by atoms with E-state index < -0.39 is 5.97 Å². The molecule has 0 aliphatic heterocycles. The second kappa shape index (κ2) is 5.15. The Balaban J connectivity index is 2.27. The number of carboxylic acids is 1. The van der Waals surface area contributed by atoms with Gasteiger partial charge in [-0.15, -0.1) is 0 Å². The first kappa shape index (κ1) is 11.2. The van der Waals surface area contributed by atoms with Crippen LogP contribution in [0.15, 0.2) is 12.2 Å². The van der Waals surface area contributed by atoms with Gasteiger partial charge < -0.3 is 10.8 Å². The molecule has 0 aromatic carbocycles. The first-order valence-corrected chi connectivity index (χ1v) is 5.28. The summed E-state index contributed by atoms with van der Waals surface area (Å²) in [6.07, 6.45) is 10.4. The van der Waals surface area contributed by atoms with Crippen LogP contribution in [0.1, 0.15) is 44.9 Å². The monoisotopic (exact) mass is 197 g/mol. The number of aliphatic carboxylic acids is 1. The molecule has 0 spiro atoms. The summed E-state index contributed by atoms with van der Waals surface area (Å²) in [5.41, 5.74) is 6.12. The molecule has 0 saturated heterocycles. The number of hydrogen-bond donors (Lipinski definition) is 2. The number of carboxylic acid groups (broad SMARTS) is 1. The van der Waals surface area contributed by atoms with Crippen LogP contribution in [0.2, 0.25) is 0 Å². The van der Waals surface area contributed by atoms with Crippen molar-refractivity contribution in [1.29, 1.82) is 0 Å². The van der Waals surface area contributed by atoms with Gasteiger partial charge in [-0.1, -0.05) is 31.4 Å². The maximum atomic E-state index is 10.2. The van der Waals surface area contributed by atoms with Crippen molar-refractivity contribution in [3.63, 3.8) is 0 Å². The van der Waals surface area contributed by atoms with Gasteiger partial charge in [0.1, 0.15) is 0 Å². The van der Waals surface area contributed by atoms with Crippen molar-refractivity contribution in [2.45, 2.75) is 50.5 Å². The molecule has 0 amide bonds. The van der Waals surface area contributed by atoms with Crippen LogP contribution < -0.4 is 5.73 Å². The molecule has 0 unspecified atom stereocenters. The smallest absolute Gasteiger partial charge is 0.307 e. The summed E-state index contributed by atoms with van der Waals surface area (Å²) in [6.45, 7) is 0. The molecule has 0 heterocycles. The second-order valence-electron chi connectivity index (χ2n) is 4.20. The Morgan fingerprint density at radius 2 is 1.93 bits per heavy atom. The van der Waals surface area contributed by atoms with Crippen LogP contribution in [0.3, 0.4) is 0 Å². The van der Waals surface area contributed by atoms with E-state index in [0.717, 1.165) is 19.3 Å². The Bertz CT molecular complexity index is 217. The molecule has 0 aromatic heterocycles. The number of rotatable bonds is 4. The minimum atomic E-state index is -0.782. The Morgan fingerprint density at radius 3 is 2.50 bits per heavy atom. The third-order valence-corrected chi connectivity index (χ3v) is 2.83. The maximum absolute atomic E-state index is 10.2. The van der Waals surface area contributed by atoms with E-state index in [0.29, 0.717) is 0 Å². The van der Waals surface area contributed by atoms with Gasteiger partial charge >= 0.3 is 5.97 Å². The molecule has 80 valence electrons. The summed E-state index contributed by atoms with van der Waals surface area (Å²) in [6, 6.07) is 0. The maximum Gasteiger partial charge on any atom is 0.307 e. The average molecular weight is 197 g/mol. The zero-order chi connectivity index (χ0) is 10.4. The molecule has 3 nitrogen and oxygen atoms in total. The van der Waals surface area contributed by atoms with Crippen molar-refractivity contribution >= 4 is 5.97 Å². The number of nitrogens with two attached hydrogens (primary N) is 1. The summed E-state index contributed by atoms with van der Waals surface area (Å²) >= 11 is 0. The average Bonchev–Trinajstić information content (AvgIpc) is 2.14. The molecule has 1 aliphatic rings. The topological polar surface area (TPSA) is 63.3 Å². The third-order valence-electron chi connectivity index (χ3n) is 2.83. The molecule has 0 radical (unpaired) electrons. The number of hydrogen-bond acceptors (Lipinski definition) is 2. The van der Waals surface area contributed by atoms with E-state index in [1.165, 1.54) is 19.3 Å². The van der Waals surface area contributed by atoms with Gasteiger partial charge in [-0.25, -0.2) is 0 Å². The van der Waals surface area contributed by atoms with Crippen LogP contribution in [-0.4, -0.2) is 16.6 Å². The highest BCUT2D eigenvalue weighted by atomic mass is 16.4. The Hall–Kier alpha value is -0.830. The van der Waals surface area contributed by atoms with E-state index in [2.05, 4.69) is 0 Å². The van der Waals surface area contributed by atoms with Crippen LogP contribution in [0.4, 0.5) is 0 Å². The fourth-order valence-corrected chi connectivity index (χ4v) is 1.96. The summed E-state index contributed by atoms with van der Waals surface area (Å²) in [5, 5.41) is 8.43. The first-order valence-electron chi connectivity index (χ1n) is 5.28. The van der Waals surface area contributed by atoms with Gasteiger partial charge in [-0.3, -0.25) is 4.79 Å². The minimum Gasteiger partial charge on any atom is -0.481 e. The lowest BCUT2D eigenvalue weighted by Gasteiger charge is -2.32. The summed E-state index contributed by atoms with van der Waals surface area (Å²) in [5.74, 6) is -0.782. The van der Waals surface area contributed by atoms with Crippen molar-refractivity contribution in [3.8, 4) is 0 Å². The lowest BCUT2D eigenvalue weighted by Crippen LogP contribution is -2.40. The van der Waals surface area contributed by atoms with Gasteiger partial charge in [0.15, 0.2) is 0 Å². The Kier molecular flexibility index (Phi) is 4.14. The molecular weight excluding hydrogens is 178 g/mol. The van der Waals surface area contributed by atoms with E-state index in [9.17, 15) is 4.79 Å². The fraction of sp³-hybridized carbons (Fsp3) is 0.727. The highest BCUT2D eigenvalue weighted by Gasteiger charge is 2.25. The molecule has 3 N–H and O–H groups in total. The molecule has 1 aliphatic carbocycles. The van der Waals surface area contributed by atoms with Crippen LogP contribution >= 0.6 is 0 Å². The Labute approximate surface area is 85.0 Å². The molecule has 14 heavy (non-hydrogen) atoms. The normalized spacial score (nSPS) is 21.2. The number of carbonyl (C=O) groups is 1. The minimum absolute atomic E-state index is 0.0622. The zero-order valence-electron chi connectivity index (χ0n) is 8.54. The summed E-state index contributed by atoms with van der Waals surface area (Å²) in [7, 11) is 0. The van der Waals surface area contributed by atoms with Crippen molar-refractivity contribution in [3.05, 3.63) is 12.2 Å². The van der Waals surface area contributed by atoms with Gasteiger partial charge in [-0.05, 0) is 19.3 Å². The fourth-order valence-electron chi connectivity index (χ4n) is 1.96. The molecule has 1 rings (SSSR count). The van der Waals surface area contributed by atoms with Crippen molar-refractivity contribution in [1.82, 2.24) is 0 Å². The zero-order valence-corrected chi connectivity index (χ0v) is 8.54. The second-order valence-corrected chi connectivity index (χ2v) is 4.20. The quantitative estimate of drug-likeness (QED) is 0.678. The molecule has 0 atom stereocenters. The van der Waals surface area contributed by atoms with E-state index >= 15 is 0 Å². The van der Waals surface area contributed by atoms with E-state index in [-0.39, 0.29) is 12.0 Å². The Morgan fingerprint density at radius 1 is 1.29 bits per heavy atom. The van der Waals surface area contributed by atoms with Gasteiger partial charge in [-0.2, -0.15) is 0 Å². The highest BCUT2D eigenvalue weighted by molar-refractivity contribution is 5.68. The van der Waals surface area contributed by atoms with Gasteiger partial charge in [0.2, 0.25) is 0 Å². The predicted octanol–water partition coefficient (Wildman–Crippen LogP) is 2.07. The van der Waals surface area contributed by atoms with Crippen molar-refractivity contribution in [2.24, 2.45) is 5.73 Å². The molecule has 1 fully saturated rings. The molecular formula is C11H19NO2. The van der Waals surface area contributed by atoms with Crippen molar-refractivity contribution < 1.29 is 9.90 Å². The van der Waals surface area contributed by atoms with E-state index in [4.69, 9.17) is 10.8 Å². The van der Waals surface area contributed by atoms with Crippen LogP contribution in [0.5, 0.6) is 0 Å². The van der Waals surface area contributed by atoms with E-state index in [1.807, 2.05) is 6.08 Å². The summed E-state index contributed by atoms with van der Waals surface area (Å²) < 4.78 is 0. The van der Waals surface area contributed by atoms with E-state index in [1.54, 1.807) is 6.08 Å². The molecule has 3 heteroatoms. The highest BCUT2D eigenvalue weighted by Crippen LogP contribution is 2.28. The van der Waals surface area contributed by atoms with Crippen LogP contribution in [-0.2, 0) is 4.79 Å². The van der Waals surface area contributed by atoms with Gasteiger partial charge in [0.05, 0.1) is 6.42 Å². The summed E-state index contributed by atoms with van der Waals surface area (Å²) in [4.78, 5) is 10.2. The predicted molar refractivity (Wildman–Crippen MR) is 56.0 cm³/mol. The van der Waals surface area contributed by atoms with Crippen LogP contribution in [0.25, 0.3) is 0 Å².